The summed E-state index contributed by atoms with van der Waals surface area (Å²) in [4.78, 5) is 10.3. The molecular formula is C10H14O. The van der Waals surface area contributed by atoms with Crippen LogP contribution in [0.5, 0.6) is 0 Å². The van der Waals surface area contributed by atoms with Crippen LogP contribution in [0.2, 0.25) is 0 Å². The minimum atomic E-state index is 0.469. The molecule has 0 aromatic carbocycles. The molecule has 0 radical (unpaired) electrons. The maximum absolute atomic E-state index is 10.3. The van der Waals surface area contributed by atoms with Gasteiger partial charge < -0.3 is 0 Å². The highest BCUT2D eigenvalue weighted by atomic mass is 16.1. The van der Waals surface area contributed by atoms with E-state index in [1.807, 2.05) is 12.9 Å². The van der Waals surface area contributed by atoms with Crippen LogP contribution in [0.25, 0.3) is 0 Å². The van der Waals surface area contributed by atoms with Gasteiger partial charge in [-0.2, -0.15) is 0 Å². The van der Waals surface area contributed by atoms with Crippen molar-refractivity contribution in [2.45, 2.75) is 33.1 Å². The standard InChI is InChI=1S/C10H14O/c1-8-3-5-10(6-4-8)9(2)7-11/h3,10H,4-6H2,1-2H3/t10-/m0/s1. The summed E-state index contributed by atoms with van der Waals surface area (Å²) in [6.45, 7) is 4.03. The van der Waals surface area contributed by atoms with Gasteiger partial charge in [0.25, 0.3) is 0 Å². The minimum Gasteiger partial charge on any atom is -0.234 e. The van der Waals surface area contributed by atoms with E-state index in [2.05, 4.69) is 13.0 Å². The van der Waals surface area contributed by atoms with Crippen LogP contribution < -0.4 is 0 Å². The molecule has 0 saturated carbocycles. The Balaban J connectivity index is 2.60. The van der Waals surface area contributed by atoms with Gasteiger partial charge in [0.15, 0.2) is 0 Å². The number of allylic oxidation sites excluding steroid dienone is 3. The molecule has 0 saturated heterocycles. The van der Waals surface area contributed by atoms with E-state index in [0.717, 1.165) is 24.8 Å². The van der Waals surface area contributed by atoms with Crippen molar-refractivity contribution in [3.8, 4) is 0 Å². The van der Waals surface area contributed by atoms with Gasteiger partial charge >= 0.3 is 0 Å². The molecular weight excluding hydrogens is 136 g/mol. The van der Waals surface area contributed by atoms with Gasteiger partial charge in [-0.25, -0.2) is 4.79 Å². The Morgan fingerprint density at radius 2 is 2.45 bits per heavy atom. The first-order valence-electron chi connectivity index (χ1n) is 4.11. The second-order valence-electron chi connectivity index (χ2n) is 3.31. The first-order valence-corrected chi connectivity index (χ1v) is 4.11. The molecule has 0 amide bonds. The highest BCUT2D eigenvalue weighted by Crippen LogP contribution is 2.27. The van der Waals surface area contributed by atoms with Gasteiger partial charge in [-0.15, -0.1) is 0 Å². The van der Waals surface area contributed by atoms with Crippen molar-refractivity contribution < 1.29 is 4.79 Å². The minimum absolute atomic E-state index is 0.469. The third kappa shape index (κ3) is 2.06. The lowest BCUT2D eigenvalue weighted by molar-refractivity contribution is 0.526. The Morgan fingerprint density at radius 1 is 1.73 bits per heavy atom. The van der Waals surface area contributed by atoms with Crippen molar-refractivity contribution in [2.24, 2.45) is 5.92 Å². The first-order chi connectivity index (χ1) is 5.24. The average molecular weight is 150 g/mol. The molecule has 0 bridgehead atoms. The van der Waals surface area contributed by atoms with E-state index in [0.29, 0.717) is 5.92 Å². The topological polar surface area (TPSA) is 17.1 Å². The second-order valence-corrected chi connectivity index (χ2v) is 3.31. The molecule has 1 rings (SSSR count). The van der Waals surface area contributed by atoms with Crippen LogP contribution in [0.1, 0.15) is 33.1 Å². The molecule has 11 heavy (non-hydrogen) atoms. The van der Waals surface area contributed by atoms with Gasteiger partial charge in [0, 0.05) is 5.57 Å². The van der Waals surface area contributed by atoms with Crippen LogP contribution >= 0.6 is 0 Å². The molecule has 1 aliphatic carbocycles. The lowest BCUT2D eigenvalue weighted by atomic mass is 9.86. The molecule has 1 nitrogen and oxygen atoms in total. The monoisotopic (exact) mass is 150 g/mol. The van der Waals surface area contributed by atoms with Crippen molar-refractivity contribution in [3.63, 3.8) is 0 Å². The molecule has 0 spiro atoms. The Hall–Kier alpha value is -0.810. The second kappa shape index (κ2) is 3.54. The van der Waals surface area contributed by atoms with Crippen molar-refractivity contribution >= 4 is 5.94 Å². The largest absolute Gasteiger partial charge is 0.234 e. The number of hydrogen-bond donors (Lipinski definition) is 0. The van der Waals surface area contributed by atoms with E-state index in [4.69, 9.17) is 0 Å². The van der Waals surface area contributed by atoms with E-state index < -0.39 is 0 Å². The zero-order valence-electron chi connectivity index (χ0n) is 7.18. The smallest absolute Gasteiger partial charge is 0.123 e. The highest BCUT2D eigenvalue weighted by molar-refractivity contribution is 5.52. The summed E-state index contributed by atoms with van der Waals surface area (Å²) < 4.78 is 0. The zero-order chi connectivity index (χ0) is 8.27. The third-order valence-electron chi connectivity index (χ3n) is 2.41. The maximum atomic E-state index is 10.3. The molecule has 0 aliphatic heterocycles. The fourth-order valence-corrected chi connectivity index (χ4v) is 1.44. The Kier molecular flexibility index (Phi) is 2.67. The number of hydrogen-bond acceptors (Lipinski definition) is 1. The lowest BCUT2D eigenvalue weighted by Gasteiger charge is -2.18. The van der Waals surface area contributed by atoms with E-state index in [1.54, 1.807) is 0 Å². The first kappa shape index (κ1) is 8.29. The average Bonchev–Trinajstić information content (AvgIpc) is 2.05. The normalized spacial score (nSPS) is 23.8. The van der Waals surface area contributed by atoms with Crippen molar-refractivity contribution in [1.29, 1.82) is 0 Å². The van der Waals surface area contributed by atoms with Crippen LogP contribution in [0.4, 0.5) is 0 Å². The van der Waals surface area contributed by atoms with Gasteiger partial charge in [-0.3, -0.25) is 0 Å². The van der Waals surface area contributed by atoms with E-state index in [1.165, 1.54) is 5.57 Å². The van der Waals surface area contributed by atoms with E-state index in [9.17, 15) is 4.79 Å². The Morgan fingerprint density at radius 3 is 2.91 bits per heavy atom. The third-order valence-corrected chi connectivity index (χ3v) is 2.41. The Labute approximate surface area is 67.8 Å². The van der Waals surface area contributed by atoms with Crippen LogP contribution in [0, 0.1) is 5.92 Å². The molecule has 1 aliphatic rings. The summed E-state index contributed by atoms with van der Waals surface area (Å²) in [6.07, 6.45) is 5.54. The van der Waals surface area contributed by atoms with Gasteiger partial charge in [0.2, 0.25) is 0 Å². The van der Waals surface area contributed by atoms with Crippen molar-refractivity contribution in [1.82, 2.24) is 0 Å². The van der Waals surface area contributed by atoms with Crippen LogP contribution in [-0.4, -0.2) is 5.94 Å². The molecule has 0 heterocycles. The highest BCUT2D eigenvalue weighted by Gasteiger charge is 2.14. The number of carbonyl (C=O) groups excluding carboxylic acids is 1. The van der Waals surface area contributed by atoms with Crippen LogP contribution in [0.15, 0.2) is 17.2 Å². The molecule has 1 heteroatoms. The van der Waals surface area contributed by atoms with Crippen LogP contribution in [-0.2, 0) is 4.79 Å². The fraction of sp³-hybridized carbons (Fsp3) is 0.600. The Bertz CT molecular complexity index is 219. The molecule has 1 atom stereocenters. The molecule has 0 N–H and O–H groups in total. The molecule has 0 aromatic rings. The summed E-state index contributed by atoms with van der Waals surface area (Å²) >= 11 is 0. The van der Waals surface area contributed by atoms with Gasteiger partial charge in [0.05, 0.1) is 0 Å². The van der Waals surface area contributed by atoms with E-state index in [-0.39, 0.29) is 0 Å². The molecule has 60 valence electrons. The molecule has 0 unspecified atom stereocenters. The molecule has 0 fully saturated rings. The summed E-state index contributed by atoms with van der Waals surface area (Å²) in [5.74, 6) is 2.46. The van der Waals surface area contributed by atoms with E-state index >= 15 is 0 Å². The molecule has 0 aromatic heterocycles. The summed E-state index contributed by atoms with van der Waals surface area (Å²) in [5.41, 5.74) is 2.34. The number of rotatable bonds is 1. The SMILES string of the molecule is CC(=C=O)[C@H]1CC=C(C)CC1. The van der Waals surface area contributed by atoms with Crippen molar-refractivity contribution in [3.05, 3.63) is 17.2 Å². The van der Waals surface area contributed by atoms with Crippen molar-refractivity contribution in [2.75, 3.05) is 0 Å². The van der Waals surface area contributed by atoms with Crippen LogP contribution in [0.3, 0.4) is 0 Å². The summed E-state index contributed by atoms with van der Waals surface area (Å²) in [6, 6.07) is 0. The summed E-state index contributed by atoms with van der Waals surface area (Å²) in [5, 5.41) is 0. The van der Waals surface area contributed by atoms with Gasteiger partial charge in [-0.1, -0.05) is 11.6 Å². The quantitative estimate of drug-likeness (QED) is 0.414. The van der Waals surface area contributed by atoms with Gasteiger partial charge in [-0.05, 0) is 39.0 Å². The van der Waals surface area contributed by atoms with Gasteiger partial charge in [0.1, 0.15) is 5.94 Å². The predicted octanol–water partition coefficient (Wildman–Crippen LogP) is 2.51. The fourth-order valence-electron chi connectivity index (χ4n) is 1.44. The lowest BCUT2D eigenvalue weighted by Crippen LogP contribution is -2.06. The predicted molar refractivity (Wildman–Crippen MR) is 46.0 cm³/mol. The zero-order valence-corrected chi connectivity index (χ0v) is 7.18. The maximum Gasteiger partial charge on any atom is 0.123 e. The summed E-state index contributed by atoms with van der Waals surface area (Å²) in [7, 11) is 0.